The molecule has 0 bridgehead atoms. The molecule has 2 nitrogen and oxygen atoms in total. The largest absolute Gasteiger partial charge is 0.312 e. The van der Waals surface area contributed by atoms with Crippen LogP contribution in [0, 0.1) is 5.92 Å². The molecule has 3 unspecified atom stereocenters. The summed E-state index contributed by atoms with van der Waals surface area (Å²) in [6.07, 6.45) is 5.46. The van der Waals surface area contributed by atoms with E-state index in [1.807, 2.05) is 0 Å². The molecule has 118 valence electrons. The second-order valence-electron chi connectivity index (χ2n) is 6.85. The highest BCUT2D eigenvalue weighted by atomic mass is 15.2. The van der Waals surface area contributed by atoms with E-state index in [0.29, 0.717) is 24.0 Å². The molecule has 0 amide bonds. The second-order valence-corrected chi connectivity index (χ2v) is 6.85. The summed E-state index contributed by atoms with van der Waals surface area (Å²) >= 11 is 0. The van der Waals surface area contributed by atoms with Gasteiger partial charge in [0.1, 0.15) is 0 Å². The fraction of sp³-hybridized carbons (Fsp3) is 0.684. The quantitative estimate of drug-likeness (QED) is 0.872. The fourth-order valence-electron chi connectivity index (χ4n) is 3.89. The van der Waals surface area contributed by atoms with Crippen molar-refractivity contribution in [2.45, 2.75) is 64.6 Å². The predicted octanol–water partition coefficient (Wildman–Crippen LogP) is 4.24. The van der Waals surface area contributed by atoms with E-state index >= 15 is 0 Å². The van der Waals surface area contributed by atoms with Crippen LogP contribution in [0.25, 0.3) is 0 Å². The van der Waals surface area contributed by atoms with Gasteiger partial charge in [0.15, 0.2) is 0 Å². The smallest absolute Gasteiger partial charge is 0.0478 e. The fourth-order valence-corrected chi connectivity index (χ4v) is 3.89. The first-order valence-corrected chi connectivity index (χ1v) is 8.63. The molecule has 3 atom stereocenters. The molecule has 1 N–H and O–H groups in total. The van der Waals surface area contributed by atoms with E-state index in [2.05, 4.69) is 68.4 Å². The van der Waals surface area contributed by atoms with Crippen LogP contribution in [0.1, 0.15) is 58.1 Å². The Morgan fingerprint density at radius 3 is 2.43 bits per heavy atom. The molecular weight excluding hydrogens is 256 g/mol. The second kappa shape index (κ2) is 7.95. The van der Waals surface area contributed by atoms with Crippen molar-refractivity contribution in [1.29, 1.82) is 0 Å². The van der Waals surface area contributed by atoms with Gasteiger partial charge in [0.2, 0.25) is 0 Å². The van der Waals surface area contributed by atoms with Gasteiger partial charge in [-0.1, -0.05) is 57.0 Å². The third-order valence-electron chi connectivity index (χ3n) is 4.98. The zero-order valence-electron chi connectivity index (χ0n) is 14.2. The highest BCUT2D eigenvalue weighted by molar-refractivity contribution is 5.21. The Morgan fingerprint density at radius 1 is 1.10 bits per heavy atom. The van der Waals surface area contributed by atoms with Crippen molar-refractivity contribution in [2.75, 3.05) is 13.6 Å². The first-order chi connectivity index (χ1) is 10.1. The van der Waals surface area contributed by atoms with E-state index in [9.17, 15) is 0 Å². The van der Waals surface area contributed by atoms with Crippen LogP contribution in [0.2, 0.25) is 0 Å². The van der Waals surface area contributed by atoms with Crippen molar-refractivity contribution >= 4 is 0 Å². The monoisotopic (exact) mass is 288 g/mol. The maximum absolute atomic E-state index is 3.60. The van der Waals surface area contributed by atoms with Crippen molar-refractivity contribution < 1.29 is 0 Å². The molecule has 0 saturated carbocycles. The Bertz CT molecular complexity index is 401. The van der Waals surface area contributed by atoms with Crippen LogP contribution in [-0.2, 0) is 0 Å². The first kappa shape index (κ1) is 16.5. The SMILES string of the molecule is CNC(c1ccccc1)C(C(C)C)N1CCCCCC1C. The molecule has 0 aliphatic carbocycles. The number of nitrogens with one attached hydrogen (secondary N) is 1. The number of benzene rings is 1. The minimum atomic E-state index is 0.409. The van der Waals surface area contributed by atoms with Crippen molar-refractivity contribution in [3.63, 3.8) is 0 Å². The number of hydrogen-bond donors (Lipinski definition) is 1. The minimum absolute atomic E-state index is 0.409. The van der Waals surface area contributed by atoms with Crippen LogP contribution < -0.4 is 5.32 Å². The van der Waals surface area contributed by atoms with Crippen LogP contribution in [0.5, 0.6) is 0 Å². The molecule has 0 radical (unpaired) electrons. The van der Waals surface area contributed by atoms with Gasteiger partial charge in [0.25, 0.3) is 0 Å². The number of likely N-dealkylation sites (tertiary alicyclic amines) is 1. The third-order valence-corrected chi connectivity index (χ3v) is 4.98. The van der Waals surface area contributed by atoms with Crippen molar-refractivity contribution in [3.05, 3.63) is 35.9 Å². The number of nitrogens with zero attached hydrogens (tertiary/aromatic N) is 1. The summed E-state index contributed by atoms with van der Waals surface area (Å²) in [5, 5.41) is 3.60. The molecule has 2 heteroatoms. The lowest BCUT2D eigenvalue weighted by molar-refractivity contribution is 0.0837. The summed E-state index contributed by atoms with van der Waals surface area (Å²) in [6.45, 7) is 8.40. The Balaban J connectivity index is 2.27. The molecular formula is C19H32N2. The van der Waals surface area contributed by atoms with Gasteiger partial charge in [-0.05, 0) is 44.8 Å². The molecule has 1 aromatic carbocycles. The summed E-state index contributed by atoms with van der Waals surface area (Å²) in [5.41, 5.74) is 1.41. The lowest BCUT2D eigenvalue weighted by atomic mass is 9.88. The van der Waals surface area contributed by atoms with E-state index in [4.69, 9.17) is 0 Å². The van der Waals surface area contributed by atoms with E-state index < -0.39 is 0 Å². The van der Waals surface area contributed by atoms with E-state index in [1.165, 1.54) is 37.8 Å². The number of likely N-dealkylation sites (N-methyl/N-ethyl adjacent to an activating group) is 1. The van der Waals surface area contributed by atoms with Gasteiger partial charge in [-0.3, -0.25) is 4.90 Å². The standard InChI is InChI=1S/C19H32N2/c1-15(2)19(21-14-10-6-7-11-16(21)3)18(20-4)17-12-8-5-9-13-17/h5,8-9,12-13,15-16,18-20H,6-7,10-11,14H2,1-4H3. The normalized spacial score (nSPS) is 23.8. The number of rotatable bonds is 5. The third kappa shape index (κ3) is 4.08. The zero-order chi connectivity index (χ0) is 15.2. The van der Waals surface area contributed by atoms with Crippen molar-refractivity contribution in [1.82, 2.24) is 10.2 Å². The summed E-state index contributed by atoms with van der Waals surface area (Å²) in [7, 11) is 2.11. The molecule has 1 aromatic rings. The lowest BCUT2D eigenvalue weighted by Gasteiger charge is -2.42. The average Bonchev–Trinajstić information content (AvgIpc) is 2.70. The van der Waals surface area contributed by atoms with Gasteiger partial charge in [-0.25, -0.2) is 0 Å². The minimum Gasteiger partial charge on any atom is -0.312 e. The molecule has 2 rings (SSSR count). The van der Waals surface area contributed by atoms with Gasteiger partial charge in [-0.2, -0.15) is 0 Å². The van der Waals surface area contributed by atoms with Gasteiger partial charge in [0, 0.05) is 18.1 Å². The van der Waals surface area contributed by atoms with Gasteiger partial charge in [-0.15, -0.1) is 0 Å². The molecule has 1 aliphatic rings. The number of hydrogen-bond acceptors (Lipinski definition) is 2. The average molecular weight is 288 g/mol. The van der Waals surface area contributed by atoms with Crippen molar-refractivity contribution in [3.8, 4) is 0 Å². The Labute approximate surface area is 130 Å². The Hall–Kier alpha value is -0.860. The summed E-state index contributed by atoms with van der Waals surface area (Å²) in [5.74, 6) is 0.642. The summed E-state index contributed by atoms with van der Waals surface area (Å²) in [6, 6.07) is 12.6. The predicted molar refractivity (Wildman–Crippen MR) is 91.5 cm³/mol. The lowest BCUT2D eigenvalue weighted by Crippen LogP contribution is -2.50. The zero-order valence-corrected chi connectivity index (χ0v) is 14.2. The topological polar surface area (TPSA) is 15.3 Å². The summed E-state index contributed by atoms with van der Waals surface area (Å²) in [4.78, 5) is 2.77. The molecule has 0 aromatic heterocycles. The molecule has 1 heterocycles. The first-order valence-electron chi connectivity index (χ1n) is 8.63. The molecule has 1 saturated heterocycles. The van der Waals surface area contributed by atoms with Crippen LogP contribution in [0.15, 0.2) is 30.3 Å². The van der Waals surface area contributed by atoms with Crippen LogP contribution in [-0.4, -0.2) is 30.6 Å². The van der Waals surface area contributed by atoms with Gasteiger partial charge >= 0.3 is 0 Å². The molecule has 21 heavy (non-hydrogen) atoms. The Kier molecular flexibility index (Phi) is 6.25. The molecule has 1 aliphatic heterocycles. The van der Waals surface area contributed by atoms with E-state index in [1.54, 1.807) is 0 Å². The maximum Gasteiger partial charge on any atom is 0.0478 e. The highest BCUT2D eigenvalue weighted by Crippen LogP contribution is 2.30. The maximum atomic E-state index is 3.60. The molecule has 1 fully saturated rings. The molecule has 0 spiro atoms. The van der Waals surface area contributed by atoms with Crippen LogP contribution in [0.3, 0.4) is 0 Å². The highest BCUT2D eigenvalue weighted by Gasteiger charge is 2.33. The summed E-state index contributed by atoms with van der Waals surface area (Å²) < 4.78 is 0. The van der Waals surface area contributed by atoms with E-state index in [0.717, 1.165) is 0 Å². The van der Waals surface area contributed by atoms with Crippen molar-refractivity contribution in [2.24, 2.45) is 5.92 Å². The van der Waals surface area contributed by atoms with Crippen LogP contribution >= 0.6 is 0 Å². The van der Waals surface area contributed by atoms with Gasteiger partial charge in [0.05, 0.1) is 0 Å². The Morgan fingerprint density at radius 2 is 1.81 bits per heavy atom. The van der Waals surface area contributed by atoms with Crippen LogP contribution in [0.4, 0.5) is 0 Å². The van der Waals surface area contributed by atoms with E-state index in [-0.39, 0.29) is 0 Å². The van der Waals surface area contributed by atoms with Gasteiger partial charge < -0.3 is 5.32 Å².